The molecule has 174 valence electrons. The summed E-state index contributed by atoms with van der Waals surface area (Å²) in [7, 11) is -3.62. The van der Waals surface area contributed by atoms with E-state index in [1.165, 1.54) is 5.56 Å². The lowest BCUT2D eigenvalue weighted by atomic mass is 10.1. The number of nitrogens with one attached hydrogen (secondary N) is 3. The number of aromatic nitrogens is 2. The van der Waals surface area contributed by atoms with Crippen LogP contribution in [-0.4, -0.2) is 31.5 Å². The van der Waals surface area contributed by atoms with Crippen molar-refractivity contribution < 1.29 is 8.42 Å². The number of nitrogens with zero attached hydrogens (tertiary/aromatic N) is 2. The van der Waals surface area contributed by atoms with Gasteiger partial charge >= 0.3 is 0 Å². The fourth-order valence-electron chi connectivity index (χ4n) is 3.40. The van der Waals surface area contributed by atoms with Crippen LogP contribution >= 0.6 is 0 Å². The SMILES string of the molecule is Cc1ccc(Nc2cc(C)nc(NCCNS(=O)(=O)c3ccc(-c4ccccc4)cc3)n2)cc1. The largest absolute Gasteiger partial charge is 0.353 e. The Balaban J connectivity index is 1.32. The summed E-state index contributed by atoms with van der Waals surface area (Å²) >= 11 is 0. The van der Waals surface area contributed by atoms with E-state index in [0.29, 0.717) is 18.3 Å². The van der Waals surface area contributed by atoms with E-state index in [4.69, 9.17) is 0 Å². The van der Waals surface area contributed by atoms with Crippen LogP contribution in [0.4, 0.5) is 17.5 Å². The van der Waals surface area contributed by atoms with Gasteiger partial charge in [-0.2, -0.15) is 4.98 Å². The highest BCUT2D eigenvalue weighted by Gasteiger charge is 2.13. The molecule has 1 heterocycles. The van der Waals surface area contributed by atoms with E-state index in [1.807, 2.05) is 86.6 Å². The molecule has 1 aromatic heterocycles. The smallest absolute Gasteiger partial charge is 0.240 e. The van der Waals surface area contributed by atoms with Crippen LogP contribution in [0.1, 0.15) is 11.3 Å². The van der Waals surface area contributed by atoms with Crippen molar-refractivity contribution in [2.45, 2.75) is 18.7 Å². The second-order valence-electron chi connectivity index (χ2n) is 7.92. The number of rotatable bonds is 9. The molecule has 0 aliphatic heterocycles. The topological polar surface area (TPSA) is 96.0 Å². The fourth-order valence-corrected chi connectivity index (χ4v) is 4.43. The van der Waals surface area contributed by atoms with E-state index in [-0.39, 0.29) is 11.4 Å². The molecule has 0 saturated carbocycles. The number of sulfonamides is 1. The van der Waals surface area contributed by atoms with Crippen LogP contribution in [0.15, 0.2) is 89.8 Å². The molecule has 3 N–H and O–H groups in total. The van der Waals surface area contributed by atoms with Crippen molar-refractivity contribution in [2.24, 2.45) is 0 Å². The molecule has 3 aromatic carbocycles. The van der Waals surface area contributed by atoms with Crippen molar-refractivity contribution in [1.29, 1.82) is 0 Å². The zero-order chi connectivity index (χ0) is 24.0. The number of hydrogen-bond donors (Lipinski definition) is 3. The highest BCUT2D eigenvalue weighted by Crippen LogP contribution is 2.21. The summed E-state index contributed by atoms with van der Waals surface area (Å²) in [5, 5.41) is 6.35. The van der Waals surface area contributed by atoms with Gasteiger partial charge in [0.15, 0.2) is 0 Å². The normalized spacial score (nSPS) is 11.2. The Hall–Kier alpha value is -3.75. The first-order chi connectivity index (χ1) is 16.4. The maximum atomic E-state index is 12.6. The summed E-state index contributed by atoms with van der Waals surface area (Å²) in [5.41, 5.74) is 4.92. The molecule has 0 aliphatic carbocycles. The van der Waals surface area contributed by atoms with Crippen molar-refractivity contribution in [2.75, 3.05) is 23.7 Å². The lowest BCUT2D eigenvalue weighted by molar-refractivity contribution is 0.583. The van der Waals surface area contributed by atoms with Gasteiger partial charge in [-0.05, 0) is 49.2 Å². The predicted octanol–water partition coefficient (Wildman–Crippen LogP) is 4.89. The molecule has 4 aromatic rings. The second-order valence-corrected chi connectivity index (χ2v) is 9.69. The van der Waals surface area contributed by atoms with Gasteiger partial charge in [-0.3, -0.25) is 0 Å². The summed E-state index contributed by atoms with van der Waals surface area (Å²) in [6.07, 6.45) is 0. The van der Waals surface area contributed by atoms with Crippen LogP contribution in [0.3, 0.4) is 0 Å². The number of hydrogen-bond acceptors (Lipinski definition) is 6. The summed E-state index contributed by atoms with van der Waals surface area (Å²) in [4.78, 5) is 9.08. The van der Waals surface area contributed by atoms with Gasteiger partial charge in [-0.25, -0.2) is 18.1 Å². The average Bonchev–Trinajstić information content (AvgIpc) is 2.84. The molecule has 0 fully saturated rings. The maximum Gasteiger partial charge on any atom is 0.240 e. The highest BCUT2D eigenvalue weighted by molar-refractivity contribution is 7.89. The highest BCUT2D eigenvalue weighted by atomic mass is 32.2. The second kappa shape index (κ2) is 10.5. The molecular formula is C26H27N5O2S. The van der Waals surface area contributed by atoms with Crippen molar-refractivity contribution >= 4 is 27.5 Å². The van der Waals surface area contributed by atoms with Crippen molar-refractivity contribution in [1.82, 2.24) is 14.7 Å². The summed E-state index contributed by atoms with van der Waals surface area (Å²) in [5.74, 6) is 1.10. The molecule has 0 unspecified atom stereocenters. The van der Waals surface area contributed by atoms with Crippen LogP contribution < -0.4 is 15.4 Å². The molecule has 0 amide bonds. The molecule has 0 aliphatic rings. The van der Waals surface area contributed by atoms with Crippen LogP contribution in [-0.2, 0) is 10.0 Å². The Morgan fingerprint density at radius 1 is 0.765 bits per heavy atom. The molecule has 4 rings (SSSR count). The molecular weight excluding hydrogens is 446 g/mol. The summed E-state index contributed by atoms with van der Waals surface area (Å²) in [6, 6.07) is 26.6. The molecule has 7 nitrogen and oxygen atoms in total. The van der Waals surface area contributed by atoms with Crippen molar-refractivity contribution in [3.05, 3.63) is 96.2 Å². The minimum absolute atomic E-state index is 0.195. The summed E-state index contributed by atoms with van der Waals surface area (Å²) < 4.78 is 27.9. The molecule has 0 spiro atoms. The number of anilines is 3. The number of benzene rings is 3. The van der Waals surface area contributed by atoms with Crippen LogP contribution in [0.5, 0.6) is 0 Å². The average molecular weight is 474 g/mol. The van der Waals surface area contributed by atoms with Gasteiger partial charge in [0.05, 0.1) is 4.90 Å². The van der Waals surface area contributed by atoms with Crippen molar-refractivity contribution in [3.63, 3.8) is 0 Å². The molecule has 0 radical (unpaired) electrons. The molecule has 0 atom stereocenters. The third kappa shape index (κ3) is 6.18. The van der Waals surface area contributed by atoms with Gasteiger partial charge in [0, 0.05) is 30.5 Å². The molecule has 8 heteroatoms. The fraction of sp³-hybridized carbons (Fsp3) is 0.154. The van der Waals surface area contributed by atoms with Gasteiger partial charge in [0.25, 0.3) is 0 Å². The first-order valence-electron chi connectivity index (χ1n) is 11.0. The predicted molar refractivity (Wildman–Crippen MR) is 137 cm³/mol. The Kier molecular flexibility index (Phi) is 7.20. The van der Waals surface area contributed by atoms with E-state index >= 15 is 0 Å². The van der Waals surface area contributed by atoms with E-state index in [1.54, 1.807) is 12.1 Å². The van der Waals surface area contributed by atoms with Crippen molar-refractivity contribution in [3.8, 4) is 11.1 Å². The zero-order valence-electron chi connectivity index (χ0n) is 19.1. The maximum absolute atomic E-state index is 12.6. The zero-order valence-corrected chi connectivity index (χ0v) is 19.9. The van der Waals surface area contributed by atoms with Gasteiger partial charge in [-0.15, -0.1) is 0 Å². The Labute approximate surface area is 200 Å². The number of aryl methyl sites for hydroxylation is 2. The monoisotopic (exact) mass is 473 g/mol. The van der Waals surface area contributed by atoms with Gasteiger partial charge in [0.2, 0.25) is 16.0 Å². The molecule has 0 saturated heterocycles. The Bertz CT molecular complexity index is 1340. The molecule has 0 bridgehead atoms. The molecule has 34 heavy (non-hydrogen) atoms. The third-order valence-electron chi connectivity index (χ3n) is 5.15. The van der Waals surface area contributed by atoms with E-state index in [9.17, 15) is 8.42 Å². The standard InChI is InChI=1S/C26H27N5O2S/c1-19-8-12-23(13-9-19)30-25-18-20(2)29-26(31-25)27-16-17-28-34(32,33)24-14-10-22(11-15-24)21-6-4-3-5-7-21/h3-15,18,28H,16-17H2,1-2H3,(H2,27,29,30,31). The third-order valence-corrected chi connectivity index (χ3v) is 6.63. The van der Waals surface area contributed by atoms with Crippen LogP contribution in [0.25, 0.3) is 11.1 Å². The Morgan fingerprint density at radius 3 is 2.15 bits per heavy atom. The first-order valence-corrected chi connectivity index (χ1v) is 12.5. The van der Waals surface area contributed by atoms with E-state index in [0.717, 1.165) is 22.5 Å². The lowest BCUT2D eigenvalue weighted by Crippen LogP contribution is -2.29. The summed E-state index contributed by atoms with van der Waals surface area (Å²) in [6.45, 7) is 4.46. The van der Waals surface area contributed by atoms with Crippen LogP contribution in [0.2, 0.25) is 0 Å². The van der Waals surface area contributed by atoms with E-state index in [2.05, 4.69) is 25.3 Å². The van der Waals surface area contributed by atoms with Gasteiger partial charge in [0.1, 0.15) is 5.82 Å². The lowest BCUT2D eigenvalue weighted by Gasteiger charge is -2.11. The van der Waals surface area contributed by atoms with E-state index < -0.39 is 10.0 Å². The minimum Gasteiger partial charge on any atom is -0.353 e. The Morgan fingerprint density at radius 2 is 1.44 bits per heavy atom. The first kappa shape index (κ1) is 23.4. The minimum atomic E-state index is -3.62. The van der Waals surface area contributed by atoms with Crippen LogP contribution in [0, 0.1) is 13.8 Å². The van der Waals surface area contributed by atoms with Gasteiger partial charge in [-0.1, -0.05) is 60.2 Å². The van der Waals surface area contributed by atoms with Gasteiger partial charge < -0.3 is 10.6 Å². The quantitative estimate of drug-likeness (QED) is 0.300.